The van der Waals surface area contributed by atoms with Crippen LogP contribution in [-0.4, -0.2) is 40.9 Å². The SMILES string of the molecule is O=C(CNC(=O)c1ccn(-c2ccc(F)cc2)n1)NCC(F)(F)F. The number of carbonyl (C=O) groups is 2. The molecule has 128 valence electrons. The summed E-state index contributed by atoms with van der Waals surface area (Å²) in [5, 5.41) is 7.72. The number of aromatic nitrogens is 2. The summed E-state index contributed by atoms with van der Waals surface area (Å²) in [6.07, 6.45) is -3.07. The van der Waals surface area contributed by atoms with Gasteiger partial charge in [-0.1, -0.05) is 0 Å². The van der Waals surface area contributed by atoms with Crippen molar-refractivity contribution in [2.24, 2.45) is 0 Å². The van der Waals surface area contributed by atoms with E-state index in [-0.39, 0.29) is 5.69 Å². The summed E-state index contributed by atoms with van der Waals surface area (Å²) in [5.41, 5.74) is 0.473. The number of nitrogens with one attached hydrogen (secondary N) is 2. The molecule has 24 heavy (non-hydrogen) atoms. The lowest BCUT2D eigenvalue weighted by molar-refractivity contribution is -0.137. The Balaban J connectivity index is 1.89. The molecule has 10 heteroatoms. The van der Waals surface area contributed by atoms with E-state index in [1.54, 1.807) is 5.32 Å². The van der Waals surface area contributed by atoms with Crippen molar-refractivity contribution in [3.8, 4) is 5.69 Å². The largest absolute Gasteiger partial charge is 0.405 e. The van der Waals surface area contributed by atoms with Crippen LogP contribution in [0, 0.1) is 5.82 Å². The summed E-state index contributed by atoms with van der Waals surface area (Å²) in [6, 6.07) is 6.71. The third-order valence-electron chi connectivity index (χ3n) is 2.81. The van der Waals surface area contributed by atoms with Crippen LogP contribution in [0.5, 0.6) is 0 Å². The predicted octanol–water partition coefficient (Wildman–Crippen LogP) is 1.42. The van der Waals surface area contributed by atoms with Gasteiger partial charge in [0.15, 0.2) is 5.69 Å². The Hall–Kier alpha value is -2.91. The third kappa shape index (κ3) is 5.07. The van der Waals surface area contributed by atoms with Crippen LogP contribution in [0.3, 0.4) is 0 Å². The number of hydrogen-bond acceptors (Lipinski definition) is 3. The van der Waals surface area contributed by atoms with Gasteiger partial charge in [0.05, 0.1) is 12.2 Å². The molecule has 0 radical (unpaired) electrons. The first-order chi connectivity index (χ1) is 11.2. The molecule has 2 aromatic rings. The van der Waals surface area contributed by atoms with E-state index < -0.39 is 36.9 Å². The second kappa shape index (κ2) is 7.11. The van der Waals surface area contributed by atoms with E-state index in [4.69, 9.17) is 0 Å². The molecule has 0 bridgehead atoms. The summed E-state index contributed by atoms with van der Waals surface area (Å²) in [6.45, 7) is -2.08. The fourth-order valence-electron chi connectivity index (χ4n) is 1.70. The van der Waals surface area contributed by atoms with Crippen molar-refractivity contribution >= 4 is 11.8 Å². The number of nitrogens with zero attached hydrogens (tertiary/aromatic N) is 2. The van der Waals surface area contributed by atoms with Gasteiger partial charge in [0.2, 0.25) is 5.91 Å². The monoisotopic (exact) mass is 344 g/mol. The Kier molecular flexibility index (Phi) is 5.17. The molecule has 0 saturated carbocycles. The van der Waals surface area contributed by atoms with Gasteiger partial charge in [-0.3, -0.25) is 9.59 Å². The van der Waals surface area contributed by atoms with Gasteiger partial charge in [-0.05, 0) is 30.3 Å². The van der Waals surface area contributed by atoms with Crippen LogP contribution in [0.15, 0.2) is 36.5 Å². The number of benzene rings is 1. The number of amides is 2. The van der Waals surface area contributed by atoms with Crippen LogP contribution in [0.4, 0.5) is 17.6 Å². The van der Waals surface area contributed by atoms with Gasteiger partial charge >= 0.3 is 6.18 Å². The standard InChI is InChI=1S/C14H12F4N4O2/c15-9-1-3-10(4-2-9)22-6-5-11(21-22)13(24)19-7-12(23)20-8-14(16,17)18/h1-6H,7-8H2,(H,19,24)(H,20,23). The van der Waals surface area contributed by atoms with E-state index in [0.29, 0.717) is 5.69 Å². The fourth-order valence-corrected chi connectivity index (χ4v) is 1.70. The first-order valence-electron chi connectivity index (χ1n) is 6.68. The maximum absolute atomic E-state index is 12.8. The van der Waals surface area contributed by atoms with Gasteiger partial charge in [-0.2, -0.15) is 18.3 Å². The number of alkyl halides is 3. The van der Waals surface area contributed by atoms with Crippen molar-refractivity contribution in [1.82, 2.24) is 20.4 Å². The van der Waals surface area contributed by atoms with Gasteiger partial charge in [0, 0.05) is 6.20 Å². The highest BCUT2D eigenvalue weighted by Gasteiger charge is 2.27. The summed E-state index contributed by atoms with van der Waals surface area (Å²) < 4.78 is 50.0. The van der Waals surface area contributed by atoms with Gasteiger partial charge in [0.25, 0.3) is 5.91 Å². The summed E-state index contributed by atoms with van der Waals surface area (Å²) >= 11 is 0. The smallest absolute Gasteiger partial charge is 0.345 e. The molecular formula is C14H12F4N4O2. The molecule has 1 aromatic heterocycles. The van der Waals surface area contributed by atoms with Crippen molar-refractivity contribution < 1.29 is 27.2 Å². The minimum Gasteiger partial charge on any atom is -0.345 e. The summed E-state index contributed by atoms with van der Waals surface area (Å²) in [7, 11) is 0. The normalized spacial score (nSPS) is 11.2. The van der Waals surface area contributed by atoms with E-state index in [2.05, 4.69) is 10.4 Å². The molecule has 1 heterocycles. The maximum Gasteiger partial charge on any atom is 0.405 e. The van der Waals surface area contributed by atoms with E-state index in [0.717, 1.165) is 0 Å². The molecule has 6 nitrogen and oxygen atoms in total. The van der Waals surface area contributed by atoms with Crippen LogP contribution in [0.2, 0.25) is 0 Å². The molecule has 2 rings (SSSR count). The zero-order valence-corrected chi connectivity index (χ0v) is 12.1. The van der Waals surface area contributed by atoms with Crippen molar-refractivity contribution in [2.75, 3.05) is 13.1 Å². The fraction of sp³-hybridized carbons (Fsp3) is 0.214. The minimum atomic E-state index is -4.52. The van der Waals surface area contributed by atoms with Crippen molar-refractivity contribution in [3.63, 3.8) is 0 Å². The molecule has 0 aliphatic heterocycles. The number of halogens is 4. The molecule has 0 spiro atoms. The second-order valence-electron chi connectivity index (χ2n) is 4.70. The lowest BCUT2D eigenvalue weighted by atomic mass is 10.3. The van der Waals surface area contributed by atoms with Crippen LogP contribution >= 0.6 is 0 Å². The zero-order valence-electron chi connectivity index (χ0n) is 12.1. The molecule has 0 unspecified atom stereocenters. The average Bonchev–Trinajstić information content (AvgIpc) is 3.00. The molecule has 0 saturated heterocycles. The highest BCUT2D eigenvalue weighted by atomic mass is 19.4. The van der Waals surface area contributed by atoms with Crippen LogP contribution < -0.4 is 10.6 Å². The van der Waals surface area contributed by atoms with Gasteiger partial charge in [0.1, 0.15) is 12.4 Å². The Morgan fingerprint density at radius 3 is 2.38 bits per heavy atom. The van der Waals surface area contributed by atoms with E-state index in [9.17, 15) is 27.2 Å². The molecule has 0 fully saturated rings. The number of carbonyl (C=O) groups excluding carboxylic acids is 2. The molecule has 0 aliphatic rings. The molecule has 1 aromatic carbocycles. The highest BCUT2D eigenvalue weighted by Crippen LogP contribution is 2.12. The van der Waals surface area contributed by atoms with Gasteiger partial charge in [-0.15, -0.1) is 0 Å². The van der Waals surface area contributed by atoms with Crippen LogP contribution in [-0.2, 0) is 4.79 Å². The summed E-state index contributed by atoms with van der Waals surface area (Å²) in [5.74, 6) is -2.12. The minimum absolute atomic E-state index is 0.0389. The van der Waals surface area contributed by atoms with E-state index in [1.165, 1.54) is 41.2 Å². The lowest BCUT2D eigenvalue weighted by Crippen LogP contribution is -2.41. The van der Waals surface area contributed by atoms with E-state index in [1.807, 2.05) is 0 Å². The molecular weight excluding hydrogens is 332 g/mol. The molecule has 2 N–H and O–H groups in total. The number of rotatable bonds is 5. The zero-order chi connectivity index (χ0) is 17.7. The Morgan fingerprint density at radius 1 is 1.08 bits per heavy atom. The first kappa shape index (κ1) is 17.4. The van der Waals surface area contributed by atoms with Gasteiger partial charge in [-0.25, -0.2) is 9.07 Å². The lowest BCUT2D eigenvalue weighted by Gasteiger charge is -2.08. The predicted molar refractivity (Wildman–Crippen MR) is 74.9 cm³/mol. The molecule has 2 amide bonds. The van der Waals surface area contributed by atoms with Crippen molar-refractivity contribution in [2.45, 2.75) is 6.18 Å². The topological polar surface area (TPSA) is 76.0 Å². The van der Waals surface area contributed by atoms with Crippen molar-refractivity contribution in [3.05, 3.63) is 48.0 Å². The van der Waals surface area contributed by atoms with Crippen molar-refractivity contribution in [1.29, 1.82) is 0 Å². The molecule has 0 aliphatic carbocycles. The highest BCUT2D eigenvalue weighted by molar-refractivity contribution is 5.94. The second-order valence-corrected chi connectivity index (χ2v) is 4.70. The van der Waals surface area contributed by atoms with E-state index >= 15 is 0 Å². The first-order valence-corrected chi connectivity index (χ1v) is 6.68. The number of hydrogen-bond donors (Lipinski definition) is 2. The van der Waals surface area contributed by atoms with Gasteiger partial charge < -0.3 is 10.6 Å². The molecule has 0 atom stereocenters. The Bertz CT molecular complexity index is 725. The maximum atomic E-state index is 12.8. The van der Waals surface area contributed by atoms with Crippen LogP contribution in [0.25, 0.3) is 5.69 Å². The summed E-state index contributed by atoms with van der Waals surface area (Å²) in [4.78, 5) is 23.0. The van der Waals surface area contributed by atoms with Crippen LogP contribution in [0.1, 0.15) is 10.5 Å². The Morgan fingerprint density at radius 2 is 1.75 bits per heavy atom. The quantitative estimate of drug-likeness (QED) is 0.806. The average molecular weight is 344 g/mol. The third-order valence-corrected chi connectivity index (χ3v) is 2.81. The Labute approximate surface area is 133 Å².